The normalized spacial score (nSPS) is 10.2. The average Bonchev–Trinajstić information content (AvgIpc) is 2.48. The molecule has 1 N–H and O–H groups in total. The number of rotatable bonds is 0. The molecule has 0 spiro atoms. The fourth-order valence-corrected chi connectivity index (χ4v) is 3.01. The minimum absolute atomic E-state index is 0.244. The summed E-state index contributed by atoms with van der Waals surface area (Å²) in [5.41, 5.74) is 0.626. The lowest BCUT2D eigenvalue weighted by Gasteiger charge is -1.94. The molecule has 0 atom stereocenters. The number of thiophene rings is 1. The second kappa shape index (κ2) is 3.16. The lowest BCUT2D eigenvalue weighted by Crippen LogP contribution is -1.73. The average molecular weight is 301 g/mol. The summed E-state index contributed by atoms with van der Waals surface area (Å²) in [5.74, 6) is 0.244. The third kappa shape index (κ3) is 1.38. The third-order valence-electron chi connectivity index (χ3n) is 1.75. The number of nitriles is 1. The largest absolute Gasteiger partial charge is 0.507 e. The smallest absolute Gasteiger partial charge is 0.124 e. The van der Waals surface area contributed by atoms with Gasteiger partial charge in [0, 0.05) is 5.39 Å². The number of halogens is 1. The summed E-state index contributed by atoms with van der Waals surface area (Å²) in [5, 5.41) is 19.1. The molecule has 13 heavy (non-hydrogen) atoms. The Bertz CT molecular complexity index is 512. The van der Waals surface area contributed by atoms with E-state index in [1.165, 1.54) is 11.3 Å². The van der Waals surface area contributed by atoms with Gasteiger partial charge in [-0.25, -0.2) is 0 Å². The summed E-state index contributed by atoms with van der Waals surface area (Å²) in [7, 11) is 0. The van der Waals surface area contributed by atoms with Crippen LogP contribution in [0, 0.1) is 14.2 Å². The molecule has 0 unspecified atom stereocenters. The van der Waals surface area contributed by atoms with Gasteiger partial charge in [0.25, 0.3) is 0 Å². The number of hydrogen-bond donors (Lipinski definition) is 1. The molecular formula is C9H4INOS. The highest BCUT2D eigenvalue weighted by atomic mass is 127. The van der Waals surface area contributed by atoms with Crippen LogP contribution in [0.2, 0.25) is 0 Å². The van der Waals surface area contributed by atoms with Gasteiger partial charge in [0.05, 0.1) is 13.1 Å². The lowest BCUT2D eigenvalue weighted by molar-refractivity contribution is 0.482. The van der Waals surface area contributed by atoms with Crippen molar-refractivity contribution in [3.63, 3.8) is 0 Å². The van der Waals surface area contributed by atoms with Crippen molar-refractivity contribution in [2.75, 3.05) is 0 Å². The van der Waals surface area contributed by atoms with Crippen LogP contribution in [-0.2, 0) is 0 Å². The maximum Gasteiger partial charge on any atom is 0.124 e. The molecule has 0 radical (unpaired) electrons. The second-order valence-corrected chi connectivity index (χ2v) is 5.48. The Kier molecular flexibility index (Phi) is 2.14. The van der Waals surface area contributed by atoms with Gasteiger partial charge in [-0.05, 0) is 40.8 Å². The van der Waals surface area contributed by atoms with E-state index in [0.29, 0.717) is 5.56 Å². The number of nitrogens with zero attached hydrogens (tertiary/aromatic N) is 1. The monoisotopic (exact) mass is 301 g/mol. The third-order valence-corrected chi connectivity index (χ3v) is 3.68. The van der Waals surface area contributed by atoms with Gasteiger partial charge in [0.1, 0.15) is 11.8 Å². The van der Waals surface area contributed by atoms with E-state index in [-0.39, 0.29) is 5.75 Å². The molecule has 0 aliphatic heterocycles. The number of aromatic hydroxyl groups is 1. The molecule has 0 saturated carbocycles. The molecule has 1 heterocycles. The van der Waals surface area contributed by atoms with Gasteiger partial charge in [-0.3, -0.25) is 0 Å². The highest BCUT2D eigenvalue weighted by molar-refractivity contribution is 14.1. The van der Waals surface area contributed by atoms with Gasteiger partial charge in [-0.15, -0.1) is 11.3 Å². The number of phenols is 1. The van der Waals surface area contributed by atoms with Crippen molar-refractivity contribution in [2.24, 2.45) is 0 Å². The summed E-state index contributed by atoms with van der Waals surface area (Å²) in [6, 6.07) is 7.19. The summed E-state index contributed by atoms with van der Waals surface area (Å²) < 4.78 is 1.94. The van der Waals surface area contributed by atoms with E-state index in [4.69, 9.17) is 5.26 Å². The van der Waals surface area contributed by atoms with Crippen molar-refractivity contribution in [3.05, 3.63) is 26.6 Å². The van der Waals surface area contributed by atoms with E-state index in [2.05, 4.69) is 28.7 Å². The summed E-state index contributed by atoms with van der Waals surface area (Å²) in [6.45, 7) is 0. The molecule has 2 aromatic rings. The zero-order chi connectivity index (χ0) is 9.42. The Labute approximate surface area is 92.6 Å². The minimum atomic E-state index is 0.244. The van der Waals surface area contributed by atoms with Crippen molar-refractivity contribution in [1.82, 2.24) is 0 Å². The van der Waals surface area contributed by atoms with Crippen LogP contribution in [0.3, 0.4) is 0 Å². The first-order valence-electron chi connectivity index (χ1n) is 3.53. The van der Waals surface area contributed by atoms with Crippen molar-refractivity contribution in [3.8, 4) is 11.8 Å². The Balaban J connectivity index is 2.94. The molecule has 0 bridgehead atoms. The van der Waals surface area contributed by atoms with Gasteiger partial charge in [0.15, 0.2) is 0 Å². The predicted octanol–water partition coefficient (Wildman–Crippen LogP) is 3.08. The molecule has 0 aliphatic rings. The fourth-order valence-electron chi connectivity index (χ4n) is 1.17. The topological polar surface area (TPSA) is 44.0 Å². The van der Waals surface area contributed by atoms with Crippen molar-refractivity contribution in [2.45, 2.75) is 0 Å². The van der Waals surface area contributed by atoms with Crippen LogP contribution >= 0.6 is 33.9 Å². The van der Waals surface area contributed by atoms with Gasteiger partial charge >= 0.3 is 0 Å². The van der Waals surface area contributed by atoms with Crippen LogP contribution in [0.15, 0.2) is 18.2 Å². The Morgan fingerprint density at radius 3 is 2.92 bits per heavy atom. The summed E-state index contributed by atoms with van der Waals surface area (Å²) in [6.07, 6.45) is 0. The SMILES string of the molecule is N#Cc1ccc(O)c2cc(I)sc12. The van der Waals surface area contributed by atoms with Gasteiger partial charge in [-0.2, -0.15) is 5.26 Å². The van der Waals surface area contributed by atoms with E-state index in [0.717, 1.165) is 13.0 Å². The number of hydrogen-bond acceptors (Lipinski definition) is 3. The maximum absolute atomic E-state index is 9.50. The lowest BCUT2D eigenvalue weighted by atomic mass is 10.2. The van der Waals surface area contributed by atoms with Crippen LogP contribution in [0.4, 0.5) is 0 Å². The summed E-state index contributed by atoms with van der Waals surface area (Å²) >= 11 is 3.70. The standard InChI is InChI=1S/C9H4INOS/c10-8-3-6-7(12)2-1-5(4-11)9(6)13-8/h1-3,12H. The van der Waals surface area contributed by atoms with E-state index in [1.807, 2.05) is 6.07 Å². The van der Waals surface area contributed by atoms with Crippen LogP contribution in [-0.4, -0.2) is 5.11 Å². The maximum atomic E-state index is 9.50. The number of phenolic OH excluding ortho intramolecular Hbond substituents is 1. The quantitative estimate of drug-likeness (QED) is 0.760. The van der Waals surface area contributed by atoms with Gasteiger partial charge in [-0.1, -0.05) is 0 Å². The fraction of sp³-hybridized carbons (Fsp3) is 0. The zero-order valence-electron chi connectivity index (χ0n) is 6.41. The van der Waals surface area contributed by atoms with E-state index in [9.17, 15) is 5.11 Å². The molecule has 0 saturated heterocycles. The van der Waals surface area contributed by atoms with Crippen molar-refractivity contribution >= 4 is 44.0 Å². The van der Waals surface area contributed by atoms with Gasteiger partial charge < -0.3 is 5.11 Å². The minimum Gasteiger partial charge on any atom is -0.507 e. The van der Waals surface area contributed by atoms with E-state index in [1.54, 1.807) is 12.1 Å². The Morgan fingerprint density at radius 2 is 2.23 bits per heavy atom. The highest BCUT2D eigenvalue weighted by Crippen LogP contribution is 2.34. The number of benzene rings is 1. The van der Waals surface area contributed by atoms with Crippen LogP contribution in [0.25, 0.3) is 10.1 Å². The predicted molar refractivity (Wildman–Crippen MR) is 60.9 cm³/mol. The first-order chi connectivity index (χ1) is 6.22. The molecule has 4 heteroatoms. The molecule has 0 aliphatic carbocycles. The first-order valence-corrected chi connectivity index (χ1v) is 5.43. The molecule has 2 nitrogen and oxygen atoms in total. The summed E-state index contributed by atoms with van der Waals surface area (Å²) in [4.78, 5) is 0. The van der Waals surface area contributed by atoms with Crippen LogP contribution < -0.4 is 0 Å². The Hall–Kier alpha value is -0.800. The van der Waals surface area contributed by atoms with Crippen molar-refractivity contribution in [1.29, 1.82) is 5.26 Å². The molecule has 2 rings (SSSR count). The molecule has 0 amide bonds. The van der Waals surface area contributed by atoms with E-state index < -0.39 is 0 Å². The first kappa shape index (κ1) is 8.78. The van der Waals surface area contributed by atoms with Crippen molar-refractivity contribution < 1.29 is 5.11 Å². The number of fused-ring (bicyclic) bond motifs is 1. The second-order valence-electron chi connectivity index (χ2n) is 2.54. The molecule has 0 fully saturated rings. The highest BCUT2D eigenvalue weighted by Gasteiger charge is 2.08. The molecular weight excluding hydrogens is 297 g/mol. The molecule has 64 valence electrons. The molecule has 1 aromatic carbocycles. The zero-order valence-corrected chi connectivity index (χ0v) is 9.39. The van der Waals surface area contributed by atoms with Crippen LogP contribution in [0.1, 0.15) is 5.56 Å². The van der Waals surface area contributed by atoms with Crippen LogP contribution in [0.5, 0.6) is 5.75 Å². The van der Waals surface area contributed by atoms with E-state index >= 15 is 0 Å². The molecule has 1 aromatic heterocycles. The Morgan fingerprint density at radius 1 is 1.46 bits per heavy atom. The van der Waals surface area contributed by atoms with Gasteiger partial charge in [0.2, 0.25) is 0 Å².